The second-order valence-corrected chi connectivity index (χ2v) is 5.20. The normalized spacial score (nSPS) is 22.8. The van der Waals surface area contributed by atoms with Gasteiger partial charge in [0.2, 0.25) is 0 Å². The van der Waals surface area contributed by atoms with Gasteiger partial charge in [0.15, 0.2) is 0 Å². The summed E-state index contributed by atoms with van der Waals surface area (Å²) in [5.41, 5.74) is 0.980. The van der Waals surface area contributed by atoms with Crippen molar-refractivity contribution >= 4 is 5.97 Å². The lowest BCUT2D eigenvalue weighted by atomic mass is 10.0. The number of methoxy groups -OCH3 is 2. The molecule has 1 aliphatic rings. The average molecular weight is 279 g/mol. The number of likely N-dealkylation sites (tertiary alicyclic amines) is 1. The Morgan fingerprint density at radius 2 is 2.15 bits per heavy atom. The van der Waals surface area contributed by atoms with E-state index in [9.17, 15) is 9.90 Å². The summed E-state index contributed by atoms with van der Waals surface area (Å²) < 4.78 is 10.5. The minimum Gasteiger partial charge on any atom is -0.497 e. The Kier molecular flexibility index (Phi) is 4.49. The van der Waals surface area contributed by atoms with Crippen molar-refractivity contribution in [2.45, 2.75) is 25.9 Å². The highest BCUT2D eigenvalue weighted by Gasteiger charge is 2.36. The van der Waals surface area contributed by atoms with Gasteiger partial charge in [-0.25, -0.2) is 0 Å². The third-order valence-electron chi connectivity index (χ3n) is 3.92. The van der Waals surface area contributed by atoms with Crippen LogP contribution in [0.5, 0.6) is 11.5 Å². The predicted octanol–water partition coefficient (Wildman–Crippen LogP) is 2.00. The van der Waals surface area contributed by atoms with E-state index in [-0.39, 0.29) is 5.92 Å². The summed E-state index contributed by atoms with van der Waals surface area (Å²) >= 11 is 0. The zero-order valence-corrected chi connectivity index (χ0v) is 12.1. The second kappa shape index (κ2) is 6.13. The van der Waals surface area contributed by atoms with Crippen LogP contribution in [0.1, 0.15) is 18.9 Å². The van der Waals surface area contributed by atoms with Crippen LogP contribution in [-0.4, -0.2) is 42.8 Å². The molecule has 1 aromatic rings. The Labute approximate surface area is 119 Å². The maximum absolute atomic E-state index is 11.4. The molecule has 0 spiro atoms. The van der Waals surface area contributed by atoms with E-state index in [0.717, 1.165) is 30.0 Å². The molecule has 0 aliphatic carbocycles. The van der Waals surface area contributed by atoms with Crippen molar-refractivity contribution in [2.24, 2.45) is 5.92 Å². The molecule has 0 amide bonds. The van der Waals surface area contributed by atoms with E-state index in [1.54, 1.807) is 14.2 Å². The van der Waals surface area contributed by atoms with Gasteiger partial charge in [-0.3, -0.25) is 9.69 Å². The van der Waals surface area contributed by atoms with Crippen molar-refractivity contribution in [3.63, 3.8) is 0 Å². The number of carbonyl (C=O) groups is 1. The molecule has 1 aliphatic heterocycles. The van der Waals surface area contributed by atoms with Crippen LogP contribution in [0, 0.1) is 5.92 Å². The first kappa shape index (κ1) is 14.7. The van der Waals surface area contributed by atoms with Crippen LogP contribution in [0.15, 0.2) is 18.2 Å². The number of carboxylic acid groups (broad SMARTS) is 1. The summed E-state index contributed by atoms with van der Waals surface area (Å²) in [5, 5.41) is 9.35. The summed E-state index contributed by atoms with van der Waals surface area (Å²) in [6.45, 7) is 3.37. The summed E-state index contributed by atoms with van der Waals surface area (Å²) in [7, 11) is 3.22. The number of benzene rings is 1. The monoisotopic (exact) mass is 279 g/mol. The highest BCUT2D eigenvalue weighted by atomic mass is 16.5. The lowest BCUT2D eigenvalue weighted by molar-refractivity contribution is -0.143. The van der Waals surface area contributed by atoms with Gasteiger partial charge in [-0.1, -0.05) is 13.0 Å². The minimum absolute atomic E-state index is 0.178. The molecule has 1 saturated heterocycles. The second-order valence-electron chi connectivity index (χ2n) is 5.20. The number of carboxylic acids is 1. The first-order valence-corrected chi connectivity index (χ1v) is 6.74. The lowest BCUT2D eigenvalue weighted by Crippen LogP contribution is -2.38. The van der Waals surface area contributed by atoms with Gasteiger partial charge in [0, 0.05) is 18.2 Å². The third-order valence-corrected chi connectivity index (χ3v) is 3.92. The number of hydrogen-bond donors (Lipinski definition) is 1. The molecule has 1 heterocycles. The quantitative estimate of drug-likeness (QED) is 0.893. The van der Waals surface area contributed by atoms with Gasteiger partial charge < -0.3 is 14.6 Å². The average Bonchev–Trinajstić information content (AvgIpc) is 2.80. The van der Waals surface area contributed by atoms with Crippen LogP contribution in [-0.2, 0) is 11.3 Å². The van der Waals surface area contributed by atoms with E-state index in [2.05, 4.69) is 0 Å². The minimum atomic E-state index is -0.748. The van der Waals surface area contributed by atoms with Crippen LogP contribution >= 0.6 is 0 Å². The standard InChI is InChI=1S/C15H21NO4/c1-10-6-7-16(14(10)15(17)18)9-11-4-5-12(19-2)8-13(11)20-3/h4-5,8,10,14H,6-7,9H2,1-3H3,(H,17,18). The molecule has 0 radical (unpaired) electrons. The molecule has 1 fully saturated rings. The van der Waals surface area contributed by atoms with E-state index in [0.29, 0.717) is 6.54 Å². The summed E-state index contributed by atoms with van der Waals surface area (Å²) in [4.78, 5) is 13.4. The molecule has 110 valence electrons. The number of nitrogens with zero attached hydrogens (tertiary/aromatic N) is 1. The van der Waals surface area contributed by atoms with Crippen LogP contribution in [0.2, 0.25) is 0 Å². The molecule has 1 aromatic carbocycles. The van der Waals surface area contributed by atoms with Gasteiger partial charge in [0.25, 0.3) is 0 Å². The zero-order chi connectivity index (χ0) is 14.7. The van der Waals surface area contributed by atoms with Crippen LogP contribution in [0.3, 0.4) is 0 Å². The topological polar surface area (TPSA) is 59.0 Å². The molecule has 5 heteroatoms. The Morgan fingerprint density at radius 1 is 1.40 bits per heavy atom. The van der Waals surface area contributed by atoms with E-state index in [4.69, 9.17) is 9.47 Å². The predicted molar refractivity (Wildman–Crippen MR) is 75.2 cm³/mol. The van der Waals surface area contributed by atoms with Crippen molar-refractivity contribution in [1.82, 2.24) is 4.90 Å². The van der Waals surface area contributed by atoms with E-state index in [1.165, 1.54) is 0 Å². The molecule has 20 heavy (non-hydrogen) atoms. The molecule has 2 rings (SSSR count). The Bertz CT molecular complexity index is 489. The summed E-state index contributed by atoms with van der Waals surface area (Å²) in [6.07, 6.45) is 0.912. The number of ether oxygens (including phenoxy) is 2. The molecule has 2 atom stereocenters. The van der Waals surface area contributed by atoms with Gasteiger partial charge in [0.1, 0.15) is 17.5 Å². The van der Waals surface area contributed by atoms with E-state index >= 15 is 0 Å². The van der Waals surface area contributed by atoms with E-state index in [1.807, 2.05) is 30.0 Å². The highest BCUT2D eigenvalue weighted by Crippen LogP contribution is 2.30. The number of rotatable bonds is 5. The van der Waals surface area contributed by atoms with Gasteiger partial charge >= 0.3 is 5.97 Å². The number of hydrogen-bond acceptors (Lipinski definition) is 4. The molecular weight excluding hydrogens is 258 g/mol. The van der Waals surface area contributed by atoms with Gasteiger partial charge in [0.05, 0.1) is 14.2 Å². The maximum Gasteiger partial charge on any atom is 0.321 e. The van der Waals surface area contributed by atoms with Crippen molar-refractivity contribution < 1.29 is 19.4 Å². The van der Waals surface area contributed by atoms with Crippen molar-refractivity contribution in [3.8, 4) is 11.5 Å². The molecule has 2 unspecified atom stereocenters. The van der Waals surface area contributed by atoms with Crippen LogP contribution in [0.4, 0.5) is 0 Å². The number of aliphatic carboxylic acids is 1. The van der Waals surface area contributed by atoms with Crippen molar-refractivity contribution in [1.29, 1.82) is 0 Å². The van der Waals surface area contributed by atoms with Crippen LogP contribution in [0.25, 0.3) is 0 Å². The lowest BCUT2D eigenvalue weighted by Gasteiger charge is -2.24. The summed E-state index contributed by atoms with van der Waals surface area (Å²) in [5.74, 6) is 0.891. The fourth-order valence-corrected chi connectivity index (χ4v) is 2.80. The SMILES string of the molecule is COc1ccc(CN2CCC(C)C2C(=O)O)c(OC)c1. The third kappa shape index (κ3) is 2.88. The zero-order valence-electron chi connectivity index (χ0n) is 12.1. The van der Waals surface area contributed by atoms with Crippen LogP contribution < -0.4 is 9.47 Å². The highest BCUT2D eigenvalue weighted by molar-refractivity contribution is 5.74. The van der Waals surface area contributed by atoms with Gasteiger partial charge in [-0.15, -0.1) is 0 Å². The van der Waals surface area contributed by atoms with Gasteiger partial charge in [-0.2, -0.15) is 0 Å². The Hall–Kier alpha value is -1.75. The molecule has 5 nitrogen and oxygen atoms in total. The first-order valence-electron chi connectivity index (χ1n) is 6.74. The van der Waals surface area contributed by atoms with E-state index < -0.39 is 12.0 Å². The Morgan fingerprint density at radius 3 is 2.75 bits per heavy atom. The fourth-order valence-electron chi connectivity index (χ4n) is 2.80. The summed E-state index contributed by atoms with van der Waals surface area (Å²) in [6, 6.07) is 5.21. The molecule has 1 N–H and O–H groups in total. The van der Waals surface area contributed by atoms with Crippen molar-refractivity contribution in [2.75, 3.05) is 20.8 Å². The smallest absolute Gasteiger partial charge is 0.321 e. The first-order chi connectivity index (χ1) is 9.56. The largest absolute Gasteiger partial charge is 0.497 e. The molecule has 0 bridgehead atoms. The van der Waals surface area contributed by atoms with Crippen molar-refractivity contribution in [3.05, 3.63) is 23.8 Å². The molecular formula is C15H21NO4. The maximum atomic E-state index is 11.4. The molecule has 0 saturated carbocycles. The fraction of sp³-hybridized carbons (Fsp3) is 0.533. The van der Waals surface area contributed by atoms with Gasteiger partial charge in [-0.05, 0) is 24.9 Å². The molecule has 0 aromatic heterocycles. The Balaban J connectivity index is 2.19.